The fourth-order valence-corrected chi connectivity index (χ4v) is 1.56. The van der Waals surface area contributed by atoms with E-state index < -0.39 is 5.60 Å². The molecule has 0 aromatic carbocycles. The fraction of sp³-hybridized carbons (Fsp3) is 0.923. The van der Waals surface area contributed by atoms with Crippen LogP contribution in [0.4, 0.5) is 0 Å². The van der Waals surface area contributed by atoms with E-state index in [1.807, 2.05) is 13.8 Å². The van der Waals surface area contributed by atoms with Gasteiger partial charge in [0, 0.05) is 13.0 Å². The second kappa shape index (κ2) is 7.00. The third-order valence-corrected chi connectivity index (χ3v) is 2.73. The Morgan fingerprint density at radius 2 is 1.93 bits per heavy atom. The van der Waals surface area contributed by atoms with Gasteiger partial charge in [-0.1, -0.05) is 27.7 Å². The van der Waals surface area contributed by atoms with Gasteiger partial charge >= 0.3 is 0 Å². The maximum absolute atomic E-state index is 11.8. The van der Waals surface area contributed by atoms with Gasteiger partial charge < -0.3 is 4.74 Å². The Bertz CT molecular complexity index is 187. The lowest BCUT2D eigenvalue weighted by Gasteiger charge is -2.28. The number of hydrogen-bond donors (Lipinski definition) is 0. The number of carbonyl (C=O) groups excluding carboxylic acids is 1. The van der Waals surface area contributed by atoms with Crippen LogP contribution in [0.25, 0.3) is 0 Å². The Kier molecular flexibility index (Phi) is 6.82. The summed E-state index contributed by atoms with van der Waals surface area (Å²) in [5.74, 6) is 0.857. The molecule has 0 aliphatic heterocycles. The van der Waals surface area contributed by atoms with E-state index in [2.05, 4.69) is 20.8 Å². The van der Waals surface area contributed by atoms with E-state index >= 15 is 0 Å². The Balaban J connectivity index is 4.33. The van der Waals surface area contributed by atoms with Crippen LogP contribution >= 0.6 is 0 Å². The third kappa shape index (κ3) is 5.31. The smallest absolute Gasteiger partial charge is 0.164 e. The Morgan fingerprint density at radius 3 is 2.33 bits per heavy atom. The first-order chi connectivity index (χ1) is 6.96. The van der Waals surface area contributed by atoms with E-state index in [0.29, 0.717) is 18.9 Å². The molecule has 0 aromatic rings. The molecule has 90 valence electrons. The number of hydrogen-bond acceptors (Lipinski definition) is 2. The quantitative estimate of drug-likeness (QED) is 0.617. The average molecular weight is 214 g/mol. The van der Waals surface area contributed by atoms with Crippen LogP contribution in [0, 0.1) is 5.92 Å². The largest absolute Gasteiger partial charge is 0.368 e. The number of rotatable bonds is 8. The van der Waals surface area contributed by atoms with Gasteiger partial charge in [-0.25, -0.2) is 0 Å². The molecule has 0 radical (unpaired) electrons. The van der Waals surface area contributed by atoms with Crippen LogP contribution in [0.3, 0.4) is 0 Å². The van der Waals surface area contributed by atoms with Gasteiger partial charge in [-0.15, -0.1) is 0 Å². The molecule has 0 N–H and O–H groups in total. The van der Waals surface area contributed by atoms with Crippen molar-refractivity contribution in [3.8, 4) is 0 Å². The molecule has 0 aliphatic carbocycles. The van der Waals surface area contributed by atoms with Crippen molar-refractivity contribution in [2.75, 3.05) is 6.61 Å². The Morgan fingerprint density at radius 1 is 1.33 bits per heavy atom. The molecule has 0 saturated heterocycles. The second-order valence-electron chi connectivity index (χ2n) is 4.79. The summed E-state index contributed by atoms with van der Waals surface area (Å²) >= 11 is 0. The highest BCUT2D eigenvalue weighted by Crippen LogP contribution is 2.23. The monoisotopic (exact) mass is 214 g/mol. The first kappa shape index (κ1) is 14.6. The third-order valence-electron chi connectivity index (χ3n) is 2.73. The van der Waals surface area contributed by atoms with Gasteiger partial charge in [0.25, 0.3) is 0 Å². The lowest BCUT2D eigenvalue weighted by molar-refractivity contribution is -0.143. The summed E-state index contributed by atoms with van der Waals surface area (Å²) in [6, 6.07) is 0. The lowest BCUT2D eigenvalue weighted by atomic mass is 9.90. The summed E-state index contributed by atoms with van der Waals surface area (Å²) in [6.45, 7) is 11.0. The molecule has 0 spiro atoms. The first-order valence-corrected chi connectivity index (χ1v) is 6.13. The summed E-state index contributed by atoms with van der Waals surface area (Å²) in [4.78, 5) is 11.8. The zero-order valence-electron chi connectivity index (χ0n) is 10.9. The van der Waals surface area contributed by atoms with Crippen LogP contribution in [0.15, 0.2) is 0 Å². The highest BCUT2D eigenvalue weighted by molar-refractivity contribution is 5.86. The standard InChI is InChI=1S/C13H26O2/c1-6-10-15-13(5,12(14)7-2)9-8-11(3)4/h11H,6-10H2,1-5H3. The minimum atomic E-state index is -0.547. The van der Waals surface area contributed by atoms with Gasteiger partial charge in [-0.3, -0.25) is 4.79 Å². The molecule has 1 atom stereocenters. The van der Waals surface area contributed by atoms with Gasteiger partial charge in [-0.05, 0) is 32.1 Å². The molecule has 2 heteroatoms. The van der Waals surface area contributed by atoms with Crippen LogP contribution in [-0.2, 0) is 9.53 Å². The zero-order valence-corrected chi connectivity index (χ0v) is 10.9. The zero-order chi connectivity index (χ0) is 11.9. The summed E-state index contributed by atoms with van der Waals surface area (Å²) in [5.41, 5.74) is -0.547. The molecule has 0 heterocycles. The van der Waals surface area contributed by atoms with Crippen LogP contribution < -0.4 is 0 Å². The number of ketones is 1. The predicted octanol–water partition coefficient (Wildman–Crippen LogP) is 3.59. The number of Topliss-reactive ketones (excluding diaryl/α,β-unsaturated/α-hetero) is 1. The number of carbonyl (C=O) groups is 1. The molecule has 0 rings (SSSR count). The topological polar surface area (TPSA) is 26.3 Å². The van der Waals surface area contributed by atoms with Crippen LogP contribution in [0.1, 0.15) is 60.3 Å². The Hall–Kier alpha value is -0.370. The SMILES string of the molecule is CCCOC(C)(CCC(C)C)C(=O)CC. The van der Waals surface area contributed by atoms with Crippen molar-refractivity contribution in [2.24, 2.45) is 5.92 Å². The van der Waals surface area contributed by atoms with Crippen molar-refractivity contribution in [3.05, 3.63) is 0 Å². The van der Waals surface area contributed by atoms with Gasteiger partial charge in [0.1, 0.15) is 5.60 Å². The van der Waals surface area contributed by atoms with Gasteiger partial charge in [0.05, 0.1) is 0 Å². The van der Waals surface area contributed by atoms with E-state index in [0.717, 1.165) is 19.3 Å². The van der Waals surface area contributed by atoms with Crippen molar-refractivity contribution in [1.29, 1.82) is 0 Å². The molecule has 0 saturated carbocycles. The summed E-state index contributed by atoms with van der Waals surface area (Å²) in [6.07, 6.45) is 3.43. The molecule has 1 unspecified atom stereocenters. The highest BCUT2D eigenvalue weighted by atomic mass is 16.5. The molecule has 0 amide bonds. The van der Waals surface area contributed by atoms with E-state index in [1.165, 1.54) is 0 Å². The molecule has 15 heavy (non-hydrogen) atoms. The second-order valence-corrected chi connectivity index (χ2v) is 4.79. The highest BCUT2D eigenvalue weighted by Gasteiger charge is 2.31. The molecule has 0 aromatic heterocycles. The molecule has 0 aliphatic rings. The van der Waals surface area contributed by atoms with Gasteiger partial charge in [0.2, 0.25) is 0 Å². The van der Waals surface area contributed by atoms with E-state index in [4.69, 9.17) is 4.74 Å². The van der Waals surface area contributed by atoms with E-state index in [-0.39, 0.29) is 5.78 Å². The maximum atomic E-state index is 11.8. The molecule has 2 nitrogen and oxygen atoms in total. The Labute approximate surface area is 94.4 Å². The average Bonchev–Trinajstić information content (AvgIpc) is 2.22. The predicted molar refractivity (Wildman–Crippen MR) is 64.0 cm³/mol. The van der Waals surface area contributed by atoms with Crippen LogP contribution in [0.5, 0.6) is 0 Å². The van der Waals surface area contributed by atoms with Gasteiger partial charge in [-0.2, -0.15) is 0 Å². The maximum Gasteiger partial charge on any atom is 0.164 e. The summed E-state index contributed by atoms with van der Waals surface area (Å²) < 4.78 is 5.73. The minimum absolute atomic E-state index is 0.233. The summed E-state index contributed by atoms with van der Waals surface area (Å²) in [5, 5.41) is 0. The van der Waals surface area contributed by atoms with Crippen molar-refractivity contribution in [2.45, 2.75) is 65.9 Å². The van der Waals surface area contributed by atoms with E-state index in [9.17, 15) is 4.79 Å². The van der Waals surface area contributed by atoms with Crippen LogP contribution in [-0.4, -0.2) is 18.0 Å². The fourth-order valence-electron chi connectivity index (χ4n) is 1.56. The molecule has 0 fully saturated rings. The van der Waals surface area contributed by atoms with E-state index in [1.54, 1.807) is 0 Å². The normalized spacial score (nSPS) is 15.3. The van der Waals surface area contributed by atoms with Crippen molar-refractivity contribution in [1.82, 2.24) is 0 Å². The molecule has 0 bridgehead atoms. The van der Waals surface area contributed by atoms with Crippen LogP contribution in [0.2, 0.25) is 0 Å². The number of ether oxygens (including phenoxy) is 1. The lowest BCUT2D eigenvalue weighted by Crippen LogP contribution is -2.38. The van der Waals surface area contributed by atoms with Crippen molar-refractivity contribution >= 4 is 5.78 Å². The van der Waals surface area contributed by atoms with Gasteiger partial charge in [0.15, 0.2) is 5.78 Å². The molecular formula is C13H26O2. The first-order valence-electron chi connectivity index (χ1n) is 6.13. The molecular weight excluding hydrogens is 188 g/mol. The minimum Gasteiger partial charge on any atom is -0.368 e. The van der Waals surface area contributed by atoms with Crippen molar-refractivity contribution < 1.29 is 9.53 Å². The summed E-state index contributed by atoms with van der Waals surface area (Å²) in [7, 11) is 0. The van der Waals surface area contributed by atoms with Crippen molar-refractivity contribution in [3.63, 3.8) is 0 Å².